The van der Waals surface area contributed by atoms with Gasteiger partial charge >= 0.3 is 0 Å². The van der Waals surface area contributed by atoms with Crippen molar-refractivity contribution in [2.24, 2.45) is 5.16 Å². The fraction of sp³-hybridized carbons (Fsp3) is 0.417. The van der Waals surface area contributed by atoms with Crippen molar-refractivity contribution in [2.45, 2.75) is 26.2 Å². The summed E-state index contributed by atoms with van der Waals surface area (Å²) in [5.74, 6) is 0. The highest BCUT2D eigenvalue weighted by atomic mass is 79.9. The maximum absolute atomic E-state index is 5.08. The lowest BCUT2D eigenvalue weighted by Crippen LogP contribution is -1.88. The Kier molecular flexibility index (Phi) is 6.09. The molecule has 1 rings (SSSR count). The van der Waals surface area contributed by atoms with E-state index in [1.807, 2.05) is 24.3 Å². The molecule has 0 saturated heterocycles. The number of unbranched alkanes of at least 4 members (excludes halogenated alkanes) is 2. The first-order valence-corrected chi connectivity index (χ1v) is 5.96. The third-order valence-corrected chi connectivity index (χ3v) is 2.40. The third kappa shape index (κ3) is 5.57. The Morgan fingerprint density at radius 3 is 3.00 bits per heavy atom. The molecule has 1 aromatic rings. The Morgan fingerprint density at radius 1 is 1.40 bits per heavy atom. The molecule has 0 bridgehead atoms. The Hall–Kier alpha value is -0.830. The molecule has 0 amide bonds. The van der Waals surface area contributed by atoms with Crippen LogP contribution >= 0.6 is 15.9 Å². The van der Waals surface area contributed by atoms with Gasteiger partial charge in [-0.3, -0.25) is 0 Å². The number of halogens is 1. The lowest BCUT2D eigenvalue weighted by Gasteiger charge is -1.97. The minimum atomic E-state index is 0.675. The van der Waals surface area contributed by atoms with Crippen LogP contribution in [-0.2, 0) is 4.84 Å². The molecule has 15 heavy (non-hydrogen) atoms. The minimum Gasteiger partial charge on any atom is -0.395 e. The quantitative estimate of drug-likeness (QED) is 0.436. The molecule has 1 radical (unpaired) electrons. The van der Waals surface area contributed by atoms with Gasteiger partial charge in [0.2, 0.25) is 0 Å². The monoisotopic (exact) mass is 268 g/mol. The van der Waals surface area contributed by atoms with Gasteiger partial charge in [0.1, 0.15) is 12.8 Å². The highest BCUT2D eigenvalue weighted by Crippen LogP contribution is 2.09. The number of rotatable bonds is 6. The van der Waals surface area contributed by atoms with Crippen molar-refractivity contribution in [3.05, 3.63) is 34.3 Å². The highest BCUT2D eigenvalue weighted by Gasteiger charge is 1.90. The van der Waals surface area contributed by atoms with Gasteiger partial charge in [-0.25, -0.2) is 0 Å². The van der Waals surface area contributed by atoms with E-state index < -0.39 is 0 Å². The molecule has 0 aliphatic carbocycles. The van der Waals surface area contributed by atoms with Gasteiger partial charge in [0, 0.05) is 10.0 Å². The van der Waals surface area contributed by atoms with Gasteiger partial charge < -0.3 is 4.84 Å². The lowest BCUT2D eigenvalue weighted by atomic mass is 10.2. The Labute approximate surface area is 99.5 Å². The van der Waals surface area contributed by atoms with Crippen molar-refractivity contribution in [3.8, 4) is 0 Å². The summed E-state index contributed by atoms with van der Waals surface area (Å²) >= 11 is 3.38. The first kappa shape index (κ1) is 12.2. The van der Waals surface area contributed by atoms with E-state index in [1.165, 1.54) is 12.8 Å². The zero-order valence-electron chi connectivity index (χ0n) is 8.87. The zero-order valence-corrected chi connectivity index (χ0v) is 10.5. The number of benzene rings is 1. The van der Waals surface area contributed by atoms with Crippen LogP contribution in [0.25, 0.3) is 0 Å². The van der Waals surface area contributed by atoms with Gasteiger partial charge in [0.25, 0.3) is 0 Å². The molecule has 0 heterocycles. The van der Waals surface area contributed by atoms with Crippen LogP contribution in [-0.4, -0.2) is 12.8 Å². The Morgan fingerprint density at radius 2 is 2.27 bits per heavy atom. The molecule has 0 aromatic heterocycles. The normalized spacial score (nSPS) is 10.8. The summed E-state index contributed by atoms with van der Waals surface area (Å²) < 4.78 is 1.02. The van der Waals surface area contributed by atoms with Crippen molar-refractivity contribution >= 4 is 22.1 Å². The highest BCUT2D eigenvalue weighted by molar-refractivity contribution is 9.10. The summed E-state index contributed by atoms with van der Waals surface area (Å²) in [6.07, 6.45) is 6.27. The van der Waals surface area contributed by atoms with Gasteiger partial charge in [0.05, 0.1) is 0 Å². The second-order valence-corrected chi connectivity index (χ2v) is 4.17. The molecule has 0 atom stereocenters. The van der Waals surface area contributed by atoms with Gasteiger partial charge in [0.15, 0.2) is 0 Å². The van der Waals surface area contributed by atoms with Gasteiger partial charge in [-0.2, -0.15) is 0 Å². The summed E-state index contributed by atoms with van der Waals surface area (Å²) in [5.41, 5.74) is 0.917. The van der Waals surface area contributed by atoms with Crippen molar-refractivity contribution in [3.63, 3.8) is 0 Å². The van der Waals surface area contributed by atoms with Crippen LogP contribution in [0.5, 0.6) is 0 Å². The average Bonchev–Trinajstić information content (AvgIpc) is 2.23. The molecule has 2 nitrogen and oxygen atoms in total. The molecule has 0 fully saturated rings. The zero-order chi connectivity index (χ0) is 10.9. The second kappa shape index (κ2) is 7.46. The van der Waals surface area contributed by atoms with Crippen LogP contribution in [0.3, 0.4) is 0 Å². The number of nitrogens with zero attached hydrogens (tertiary/aromatic N) is 1. The van der Waals surface area contributed by atoms with E-state index in [4.69, 9.17) is 4.84 Å². The van der Waals surface area contributed by atoms with E-state index >= 15 is 0 Å². The lowest BCUT2D eigenvalue weighted by molar-refractivity contribution is 0.141. The van der Waals surface area contributed by atoms with E-state index in [0.29, 0.717) is 6.61 Å². The Bertz CT molecular complexity index is 312. The predicted octanol–water partition coefficient (Wildman–Crippen LogP) is 3.87. The van der Waals surface area contributed by atoms with Gasteiger partial charge in [-0.15, -0.1) is 0 Å². The van der Waals surface area contributed by atoms with Crippen molar-refractivity contribution in [2.75, 3.05) is 6.61 Å². The molecule has 0 unspecified atom stereocenters. The van der Waals surface area contributed by atoms with Crippen LogP contribution in [0.2, 0.25) is 0 Å². The Balaban J connectivity index is 2.26. The largest absolute Gasteiger partial charge is 0.395 e. The van der Waals surface area contributed by atoms with E-state index in [2.05, 4.69) is 34.2 Å². The number of hydrogen-bond acceptors (Lipinski definition) is 2. The molecular weight excluding hydrogens is 254 g/mol. The maximum Gasteiger partial charge on any atom is 0.139 e. The minimum absolute atomic E-state index is 0.675. The SMILES string of the molecule is CCCCCO/N=[C]/c1cccc(Br)c1. The maximum atomic E-state index is 5.08. The smallest absolute Gasteiger partial charge is 0.139 e. The van der Waals surface area contributed by atoms with Crippen molar-refractivity contribution < 1.29 is 4.84 Å². The topological polar surface area (TPSA) is 21.6 Å². The van der Waals surface area contributed by atoms with Crippen LogP contribution < -0.4 is 0 Å². The fourth-order valence-electron chi connectivity index (χ4n) is 1.11. The average molecular weight is 269 g/mol. The molecule has 81 valence electrons. The predicted molar refractivity (Wildman–Crippen MR) is 66.2 cm³/mol. The van der Waals surface area contributed by atoms with Crippen LogP contribution in [0, 0.1) is 0 Å². The molecule has 0 aliphatic rings. The number of hydrogen-bond donors (Lipinski definition) is 0. The third-order valence-electron chi connectivity index (χ3n) is 1.90. The first-order chi connectivity index (χ1) is 7.33. The second-order valence-electron chi connectivity index (χ2n) is 3.25. The van der Waals surface area contributed by atoms with E-state index in [0.717, 1.165) is 16.5 Å². The molecular formula is C12H15BrNO. The van der Waals surface area contributed by atoms with E-state index in [-0.39, 0.29) is 0 Å². The molecule has 1 aromatic carbocycles. The van der Waals surface area contributed by atoms with E-state index in [9.17, 15) is 0 Å². The van der Waals surface area contributed by atoms with Crippen molar-refractivity contribution in [1.29, 1.82) is 0 Å². The van der Waals surface area contributed by atoms with E-state index in [1.54, 1.807) is 0 Å². The molecule has 0 saturated carbocycles. The summed E-state index contributed by atoms with van der Waals surface area (Å²) in [6, 6.07) is 7.79. The molecule has 3 heteroatoms. The summed E-state index contributed by atoms with van der Waals surface area (Å²) in [7, 11) is 0. The standard InChI is InChI=1S/C12H15BrNO/c1-2-3-4-8-15-14-10-11-6-5-7-12(13)9-11/h5-7,9H,2-4,8H2,1H3. The summed E-state index contributed by atoms with van der Waals surface area (Å²) in [6.45, 7) is 2.84. The van der Waals surface area contributed by atoms with Crippen molar-refractivity contribution in [1.82, 2.24) is 0 Å². The van der Waals surface area contributed by atoms with Crippen LogP contribution in [0.15, 0.2) is 33.9 Å². The molecule has 0 aliphatic heterocycles. The molecule has 0 N–H and O–H groups in total. The summed E-state index contributed by atoms with van der Waals surface area (Å²) in [5, 5.41) is 3.78. The first-order valence-electron chi connectivity index (χ1n) is 5.16. The van der Waals surface area contributed by atoms with Gasteiger partial charge in [-0.1, -0.05) is 53.0 Å². The summed E-state index contributed by atoms with van der Waals surface area (Å²) in [4.78, 5) is 5.08. The van der Waals surface area contributed by atoms with Gasteiger partial charge in [-0.05, 0) is 18.6 Å². The fourth-order valence-corrected chi connectivity index (χ4v) is 1.50. The van der Waals surface area contributed by atoms with Crippen LogP contribution in [0.4, 0.5) is 0 Å². The molecule has 0 spiro atoms. The van der Waals surface area contributed by atoms with Crippen LogP contribution in [0.1, 0.15) is 31.7 Å².